The maximum Gasteiger partial charge on any atom is 0.243 e. The minimum atomic E-state index is -0.244. The number of unbranched alkanes of at least 4 members (excludes halogenated alkanes) is 1. The van der Waals surface area contributed by atoms with Gasteiger partial charge in [-0.2, -0.15) is 0 Å². The molecule has 0 saturated carbocycles. The highest BCUT2D eigenvalue weighted by atomic mass is 16.2. The maximum absolute atomic E-state index is 12.7. The van der Waals surface area contributed by atoms with Crippen LogP contribution in [0.1, 0.15) is 42.7 Å². The lowest BCUT2D eigenvalue weighted by Gasteiger charge is -2.31. The van der Waals surface area contributed by atoms with Crippen molar-refractivity contribution in [3.05, 3.63) is 72.1 Å². The van der Waals surface area contributed by atoms with Gasteiger partial charge in [-0.25, -0.2) is 0 Å². The van der Waals surface area contributed by atoms with Gasteiger partial charge in [0.25, 0.3) is 0 Å². The normalized spacial score (nSPS) is 17.0. The Morgan fingerprint density at radius 2 is 1.97 bits per heavy atom. The predicted octanol–water partition coefficient (Wildman–Crippen LogP) is 2.92. The van der Waals surface area contributed by atoms with E-state index >= 15 is 0 Å². The van der Waals surface area contributed by atoms with Crippen molar-refractivity contribution in [2.45, 2.75) is 31.6 Å². The van der Waals surface area contributed by atoms with Crippen molar-refractivity contribution in [2.75, 3.05) is 13.1 Å². The van der Waals surface area contributed by atoms with E-state index in [-0.39, 0.29) is 23.6 Å². The molecule has 29 heavy (non-hydrogen) atoms. The lowest BCUT2D eigenvalue weighted by molar-refractivity contribution is -0.149. The minimum absolute atomic E-state index is 0.106. The molecule has 1 atom stereocenters. The van der Waals surface area contributed by atoms with Gasteiger partial charge in [-0.05, 0) is 42.5 Å². The Hall–Kier alpha value is -3.28. The first-order chi connectivity index (χ1) is 14.1. The quantitative estimate of drug-likeness (QED) is 0.426. The molecule has 2 heterocycles. The average molecular weight is 391 g/mol. The van der Waals surface area contributed by atoms with E-state index in [1.54, 1.807) is 18.5 Å². The molecule has 1 aromatic carbocycles. The summed E-state index contributed by atoms with van der Waals surface area (Å²) in [5.41, 5.74) is 1.82. The number of nitrogens with zero attached hydrogens (tertiary/aromatic N) is 2. The second-order valence-corrected chi connectivity index (χ2v) is 7.00. The first-order valence-corrected chi connectivity index (χ1v) is 9.90. The predicted molar refractivity (Wildman–Crippen MR) is 111 cm³/mol. The van der Waals surface area contributed by atoms with Gasteiger partial charge in [0, 0.05) is 38.0 Å². The largest absolute Gasteiger partial charge is 0.353 e. The fourth-order valence-corrected chi connectivity index (χ4v) is 3.38. The van der Waals surface area contributed by atoms with E-state index in [2.05, 4.69) is 10.3 Å². The third-order valence-electron chi connectivity index (χ3n) is 4.93. The summed E-state index contributed by atoms with van der Waals surface area (Å²) in [7, 11) is 0. The number of carbonyl (C=O) groups is 3. The van der Waals surface area contributed by atoms with Crippen LogP contribution < -0.4 is 5.32 Å². The number of hydrogen-bond acceptors (Lipinski definition) is 4. The number of pyridine rings is 1. The molecule has 2 aromatic rings. The Morgan fingerprint density at radius 3 is 2.72 bits per heavy atom. The molecule has 3 amide bonds. The molecule has 1 aromatic heterocycles. The van der Waals surface area contributed by atoms with Crippen molar-refractivity contribution in [3.8, 4) is 0 Å². The van der Waals surface area contributed by atoms with Crippen LogP contribution in [0.4, 0.5) is 0 Å². The Balaban J connectivity index is 1.41. The molecule has 6 heteroatoms. The fourth-order valence-electron chi connectivity index (χ4n) is 3.38. The summed E-state index contributed by atoms with van der Waals surface area (Å²) in [6.07, 6.45) is 8.84. The Morgan fingerprint density at radius 1 is 1.14 bits per heavy atom. The number of nitrogens with one attached hydrogen (secondary N) is 1. The fraction of sp³-hybridized carbons (Fsp3) is 0.304. The lowest BCUT2D eigenvalue weighted by Crippen LogP contribution is -2.44. The zero-order chi connectivity index (χ0) is 20.5. The van der Waals surface area contributed by atoms with Crippen LogP contribution in [0.5, 0.6) is 0 Å². The summed E-state index contributed by atoms with van der Waals surface area (Å²) in [6, 6.07) is 13.3. The lowest BCUT2D eigenvalue weighted by atomic mass is 9.89. The molecule has 1 fully saturated rings. The number of likely N-dealkylation sites (tertiary alicyclic amines) is 1. The second kappa shape index (κ2) is 10.3. The summed E-state index contributed by atoms with van der Waals surface area (Å²) in [5, 5.41) is 2.81. The SMILES string of the molecule is O=C(/C=C/c1cccnc1)NCCCCN1C(=O)CCC(c2ccccc2)C1=O. The van der Waals surface area contributed by atoms with Crippen LogP contribution in [0, 0.1) is 0 Å². The third-order valence-corrected chi connectivity index (χ3v) is 4.93. The van der Waals surface area contributed by atoms with E-state index in [9.17, 15) is 14.4 Å². The highest BCUT2D eigenvalue weighted by Crippen LogP contribution is 2.28. The number of carbonyl (C=O) groups excluding carboxylic acids is 3. The standard InChI is InChI=1S/C23H25N3O3/c27-21(12-10-18-7-6-14-24-17-18)25-15-4-5-16-26-22(28)13-11-20(23(26)29)19-8-2-1-3-9-19/h1-3,6-10,12,14,17,20H,4-5,11,13,15-16H2,(H,25,27)/b12-10+. The van der Waals surface area contributed by atoms with Gasteiger partial charge in [0.1, 0.15) is 0 Å². The zero-order valence-corrected chi connectivity index (χ0v) is 16.3. The van der Waals surface area contributed by atoms with Crippen molar-refractivity contribution in [1.82, 2.24) is 15.2 Å². The minimum Gasteiger partial charge on any atom is -0.353 e. The van der Waals surface area contributed by atoms with Crippen LogP contribution in [0.3, 0.4) is 0 Å². The van der Waals surface area contributed by atoms with Crippen LogP contribution >= 0.6 is 0 Å². The van der Waals surface area contributed by atoms with Crippen molar-refractivity contribution in [3.63, 3.8) is 0 Å². The highest BCUT2D eigenvalue weighted by molar-refractivity contribution is 6.01. The number of amides is 3. The molecule has 3 rings (SSSR count). The molecule has 1 unspecified atom stereocenters. The Kier molecular flexibility index (Phi) is 7.28. The second-order valence-electron chi connectivity index (χ2n) is 7.00. The van der Waals surface area contributed by atoms with Gasteiger partial charge in [0.15, 0.2) is 0 Å². The number of hydrogen-bond donors (Lipinski definition) is 1. The molecule has 1 saturated heterocycles. The Bertz CT molecular complexity index is 865. The zero-order valence-electron chi connectivity index (χ0n) is 16.3. The van der Waals surface area contributed by atoms with E-state index < -0.39 is 0 Å². The van der Waals surface area contributed by atoms with Crippen molar-refractivity contribution in [1.29, 1.82) is 0 Å². The summed E-state index contributed by atoms with van der Waals surface area (Å²) < 4.78 is 0. The maximum atomic E-state index is 12.7. The monoisotopic (exact) mass is 391 g/mol. The van der Waals surface area contributed by atoms with E-state index in [1.165, 1.54) is 11.0 Å². The van der Waals surface area contributed by atoms with E-state index in [0.29, 0.717) is 38.8 Å². The topological polar surface area (TPSA) is 79.4 Å². The van der Waals surface area contributed by atoms with Crippen LogP contribution in [0.15, 0.2) is 60.9 Å². The molecule has 0 bridgehead atoms. The molecule has 1 aliphatic heterocycles. The summed E-state index contributed by atoms with van der Waals surface area (Å²) in [4.78, 5) is 42.2. The third kappa shape index (κ3) is 5.85. The number of imide groups is 1. The molecule has 6 nitrogen and oxygen atoms in total. The first kappa shape index (κ1) is 20.5. The van der Waals surface area contributed by atoms with Gasteiger partial charge in [0.2, 0.25) is 17.7 Å². The van der Waals surface area contributed by atoms with Crippen molar-refractivity contribution < 1.29 is 14.4 Å². The number of rotatable bonds is 8. The molecule has 0 spiro atoms. The average Bonchev–Trinajstić information content (AvgIpc) is 2.75. The molecule has 0 radical (unpaired) electrons. The first-order valence-electron chi connectivity index (χ1n) is 9.90. The molecular formula is C23H25N3O3. The number of piperidine rings is 1. The Labute approximate surface area is 170 Å². The van der Waals surface area contributed by atoms with E-state index in [1.807, 2.05) is 42.5 Å². The van der Waals surface area contributed by atoms with Crippen LogP contribution in [-0.4, -0.2) is 40.7 Å². The van der Waals surface area contributed by atoms with E-state index in [4.69, 9.17) is 0 Å². The number of benzene rings is 1. The molecule has 0 aliphatic carbocycles. The smallest absolute Gasteiger partial charge is 0.243 e. The summed E-state index contributed by atoms with van der Waals surface area (Å²) in [6.45, 7) is 0.886. The highest BCUT2D eigenvalue weighted by Gasteiger charge is 2.34. The summed E-state index contributed by atoms with van der Waals surface area (Å²) >= 11 is 0. The van der Waals surface area contributed by atoms with Crippen LogP contribution in [-0.2, 0) is 14.4 Å². The molecule has 150 valence electrons. The number of aromatic nitrogens is 1. The molecular weight excluding hydrogens is 366 g/mol. The van der Waals surface area contributed by atoms with Crippen molar-refractivity contribution in [2.24, 2.45) is 0 Å². The van der Waals surface area contributed by atoms with Gasteiger partial charge in [-0.1, -0.05) is 36.4 Å². The van der Waals surface area contributed by atoms with Gasteiger partial charge in [-0.3, -0.25) is 24.3 Å². The molecule has 1 aliphatic rings. The van der Waals surface area contributed by atoms with Gasteiger partial charge in [0.05, 0.1) is 5.92 Å². The van der Waals surface area contributed by atoms with Crippen molar-refractivity contribution >= 4 is 23.8 Å². The molecule has 1 N–H and O–H groups in total. The van der Waals surface area contributed by atoms with E-state index in [0.717, 1.165) is 11.1 Å². The van der Waals surface area contributed by atoms with Gasteiger partial charge >= 0.3 is 0 Å². The van der Waals surface area contributed by atoms with Gasteiger partial charge in [-0.15, -0.1) is 0 Å². The van der Waals surface area contributed by atoms with Gasteiger partial charge < -0.3 is 5.32 Å². The van der Waals surface area contributed by atoms with Crippen LogP contribution in [0.2, 0.25) is 0 Å². The summed E-state index contributed by atoms with van der Waals surface area (Å²) in [5.74, 6) is -0.643. The van der Waals surface area contributed by atoms with Crippen LogP contribution in [0.25, 0.3) is 6.08 Å².